The monoisotopic (exact) mass is 334 g/mol. The van der Waals surface area contributed by atoms with Crippen LogP contribution in [0, 0.1) is 0 Å². The van der Waals surface area contributed by atoms with Crippen molar-refractivity contribution in [2.24, 2.45) is 0 Å². The number of fused-ring (bicyclic) bond motifs is 3. The lowest BCUT2D eigenvalue weighted by Crippen LogP contribution is -1.99. The lowest BCUT2D eigenvalue weighted by Gasteiger charge is -2.08. The highest BCUT2D eigenvalue weighted by molar-refractivity contribution is 6.30. The molecule has 120 valence electrons. The van der Waals surface area contributed by atoms with Crippen LogP contribution in [0.4, 0.5) is 5.69 Å². The molecule has 1 aromatic heterocycles. The first kappa shape index (κ1) is 15.1. The number of aryl methyl sites for hydroxylation is 1. The van der Waals surface area contributed by atoms with E-state index < -0.39 is 0 Å². The minimum absolute atomic E-state index is 0.771. The zero-order valence-electron chi connectivity index (χ0n) is 13.6. The molecule has 0 bridgehead atoms. The van der Waals surface area contributed by atoms with Crippen molar-refractivity contribution in [2.75, 3.05) is 5.32 Å². The van der Waals surface area contributed by atoms with E-state index in [2.05, 4.69) is 71.4 Å². The number of hydrogen-bond acceptors (Lipinski definition) is 1. The summed E-state index contributed by atoms with van der Waals surface area (Å²) in [7, 11) is 0. The van der Waals surface area contributed by atoms with Crippen molar-refractivity contribution in [1.82, 2.24) is 4.57 Å². The molecule has 4 rings (SSSR count). The Balaban J connectivity index is 1.70. The van der Waals surface area contributed by atoms with Crippen molar-refractivity contribution in [2.45, 2.75) is 20.0 Å². The van der Waals surface area contributed by atoms with Crippen LogP contribution in [-0.2, 0) is 13.1 Å². The van der Waals surface area contributed by atoms with Crippen LogP contribution in [0.3, 0.4) is 0 Å². The zero-order valence-corrected chi connectivity index (χ0v) is 14.3. The van der Waals surface area contributed by atoms with Gasteiger partial charge >= 0.3 is 0 Å². The molecule has 0 aliphatic rings. The molecule has 0 unspecified atom stereocenters. The van der Waals surface area contributed by atoms with Crippen LogP contribution in [0.25, 0.3) is 21.8 Å². The maximum Gasteiger partial charge on any atom is 0.0492 e. The van der Waals surface area contributed by atoms with Gasteiger partial charge < -0.3 is 9.88 Å². The predicted molar refractivity (Wildman–Crippen MR) is 104 cm³/mol. The summed E-state index contributed by atoms with van der Waals surface area (Å²) in [6.07, 6.45) is 0. The highest BCUT2D eigenvalue weighted by atomic mass is 35.5. The van der Waals surface area contributed by atoms with Crippen molar-refractivity contribution in [1.29, 1.82) is 0 Å². The summed E-state index contributed by atoms with van der Waals surface area (Å²) in [5, 5.41) is 6.89. The van der Waals surface area contributed by atoms with E-state index in [1.807, 2.05) is 12.1 Å². The molecule has 1 N–H and O–H groups in total. The second-order valence-electron chi connectivity index (χ2n) is 5.97. The summed E-state index contributed by atoms with van der Waals surface area (Å²) in [5.41, 5.74) is 4.94. The number of hydrogen-bond donors (Lipinski definition) is 1. The Morgan fingerprint density at radius 1 is 0.875 bits per heavy atom. The van der Waals surface area contributed by atoms with Gasteiger partial charge in [-0.25, -0.2) is 0 Å². The fourth-order valence-corrected chi connectivity index (χ4v) is 3.44. The first-order valence-electron chi connectivity index (χ1n) is 8.25. The molecule has 2 nitrogen and oxygen atoms in total. The van der Waals surface area contributed by atoms with Crippen molar-refractivity contribution in [3.63, 3.8) is 0 Å². The molecule has 0 spiro atoms. The Kier molecular flexibility index (Phi) is 3.91. The molecule has 1 heterocycles. The largest absolute Gasteiger partial charge is 0.381 e. The Bertz CT molecular complexity index is 1000. The van der Waals surface area contributed by atoms with Gasteiger partial charge in [-0.3, -0.25) is 0 Å². The van der Waals surface area contributed by atoms with Crippen LogP contribution in [0.5, 0.6) is 0 Å². The normalized spacial score (nSPS) is 11.2. The Morgan fingerprint density at radius 3 is 2.42 bits per heavy atom. The van der Waals surface area contributed by atoms with E-state index in [4.69, 9.17) is 11.6 Å². The maximum absolute atomic E-state index is 5.94. The van der Waals surface area contributed by atoms with Gasteiger partial charge in [-0.05, 0) is 48.9 Å². The van der Waals surface area contributed by atoms with E-state index in [1.165, 1.54) is 27.4 Å². The smallest absolute Gasteiger partial charge is 0.0492 e. The van der Waals surface area contributed by atoms with Crippen LogP contribution in [0.1, 0.15) is 12.5 Å². The van der Waals surface area contributed by atoms with Crippen molar-refractivity contribution < 1.29 is 0 Å². The van der Waals surface area contributed by atoms with Crippen LogP contribution < -0.4 is 5.32 Å². The summed E-state index contributed by atoms with van der Waals surface area (Å²) in [5.74, 6) is 0. The fraction of sp³-hybridized carbons (Fsp3) is 0.143. The van der Waals surface area contributed by atoms with Gasteiger partial charge in [0.25, 0.3) is 0 Å². The van der Waals surface area contributed by atoms with E-state index >= 15 is 0 Å². The number of halogens is 1. The molecule has 0 aliphatic carbocycles. The van der Waals surface area contributed by atoms with Gasteiger partial charge in [0.05, 0.1) is 0 Å². The third kappa shape index (κ3) is 2.63. The molecule has 3 aromatic carbocycles. The van der Waals surface area contributed by atoms with Crippen molar-refractivity contribution in [3.8, 4) is 0 Å². The number of para-hydroxylation sites is 1. The van der Waals surface area contributed by atoms with E-state index in [-0.39, 0.29) is 0 Å². The molecular weight excluding hydrogens is 316 g/mol. The zero-order chi connectivity index (χ0) is 16.5. The molecule has 0 saturated carbocycles. The summed E-state index contributed by atoms with van der Waals surface area (Å²) < 4.78 is 2.37. The van der Waals surface area contributed by atoms with E-state index in [9.17, 15) is 0 Å². The van der Waals surface area contributed by atoms with Crippen LogP contribution in [-0.4, -0.2) is 4.57 Å². The first-order valence-corrected chi connectivity index (χ1v) is 8.63. The summed E-state index contributed by atoms with van der Waals surface area (Å²) in [6.45, 7) is 3.95. The summed E-state index contributed by atoms with van der Waals surface area (Å²) in [4.78, 5) is 0. The molecule has 24 heavy (non-hydrogen) atoms. The molecule has 0 aliphatic heterocycles. The Hall–Kier alpha value is -2.45. The SMILES string of the molecule is CCn1c2ccccc2c2cc(NCc3ccc(Cl)cc3)ccc21. The minimum Gasteiger partial charge on any atom is -0.381 e. The molecule has 0 radical (unpaired) electrons. The lowest BCUT2D eigenvalue weighted by atomic mass is 10.1. The quantitative estimate of drug-likeness (QED) is 0.478. The third-order valence-corrected chi connectivity index (χ3v) is 4.75. The number of nitrogens with zero attached hydrogens (tertiary/aromatic N) is 1. The fourth-order valence-electron chi connectivity index (χ4n) is 3.31. The van der Waals surface area contributed by atoms with Crippen LogP contribution >= 0.6 is 11.6 Å². The number of benzene rings is 3. The maximum atomic E-state index is 5.94. The number of rotatable bonds is 4. The highest BCUT2D eigenvalue weighted by Crippen LogP contribution is 2.31. The van der Waals surface area contributed by atoms with Gasteiger partial charge in [0.2, 0.25) is 0 Å². The molecule has 0 saturated heterocycles. The second-order valence-corrected chi connectivity index (χ2v) is 6.41. The second kappa shape index (κ2) is 6.21. The number of aromatic nitrogens is 1. The van der Waals surface area contributed by atoms with Gasteiger partial charge in [0, 0.05) is 45.6 Å². The van der Waals surface area contributed by atoms with Gasteiger partial charge in [0.15, 0.2) is 0 Å². The average molecular weight is 335 g/mol. The van der Waals surface area contributed by atoms with E-state index in [1.54, 1.807) is 0 Å². The molecule has 3 heteroatoms. The highest BCUT2D eigenvalue weighted by Gasteiger charge is 2.09. The number of nitrogens with one attached hydrogen (secondary N) is 1. The van der Waals surface area contributed by atoms with Crippen molar-refractivity contribution in [3.05, 3.63) is 77.3 Å². The number of anilines is 1. The predicted octanol–water partition coefficient (Wildman–Crippen LogP) is 6.08. The van der Waals surface area contributed by atoms with Gasteiger partial charge in [-0.1, -0.05) is 41.9 Å². The standard InChI is InChI=1S/C21H19ClN2/c1-2-24-20-6-4-3-5-18(20)19-13-17(11-12-21(19)24)23-14-15-7-9-16(22)10-8-15/h3-13,23H,2,14H2,1H3. The topological polar surface area (TPSA) is 17.0 Å². The van der Waals surface area contributed by atoms with Gasteiger partial charge in [-0.15, -0.1) is 0 Å². The average Bonchev–Trinajstić information content (AvgIpc) is 2.94. The summed E-state index contributed by atoms with van der Waals surface area (Å²) in [6, 6.07) is 23.2. The minimum atomic E-state index is 0.771. The van der Waals surface area contributed by atoms with Crippen LogP contribution in [0.2, 0.25) is 5.02 Å². The molecule has 0 fully saturated rings. The lowest BCUT2D eigenvalue weighted by molar-refractivity contribution is 0.827. The Morgan fingerprint density at radius 2 is 1.62 bits per heavy atom. The molecule has 0 amide bonds. The molecule has 0 atom stereocenters. The van der Waals surface area contributed by atoms with E-state index in [0.29, 0.717) is 0 Å². The Labute approximate surface area is 146 Å². The molecule has 4 aromatic rings. The van der Waals surface area contributed by atoms with E-state index in [0.717, 1.165) is 23.8 Å². The third-order valence-electron chi connectivity index (χ3n) is 4.50. The first-order chi connectivity index (χ1) is 11.8. The van der Waals surface area contributed by atoms with Gasteiger partial charge in [-0.2, -0.15) is 0 Å². The summed E-state index contributed by atoms with van der Waals surface area (Å²) >= 11 is 5.94. The van der Waals surface area contributed by atoms with Crippen LogP contribution in [0.15, 0.2) is 66.7 Å². The van der Waals surface area contributed by atoms with Gasteiger partial charge in [0.1, 0.15) is 0 Å². The van der Waals surface area contributed by atoms with Crippen molar-refractivity contribution >= 4 is 39.1 Å². The molecular formula is C21H19ClN2.